The number of alkyl carbamates (subject to hydrolysis) is 1. The molecule has 138 valence electrons. The Morgan fingerprint density at radius 1 is 1.20 bits per heavy atom. The van der Waals surface area contributed by atoms with Crippen molar-refractivity contribution in [3.63, 3.8) is 0 Å². The average Bonchev–Trinajstić information content (AvgIpc) is 2.94. The molecule has 0 spiro atoms. The zero-order chi connectivity index (χ0) is 18.6. The van der Waals surface area contributed by atoms with Crippen LogP contribution in [-0.4, -0.2) is 29.7 Å². The molecule has 0 bridgehead atoms. The predicted molar refractivity (Wildman–Crippen MR) is 98.8 cm³/mol. The summed E-state index contributed by atoms with van der Waals surface area (Å²) in [5, 5.41) is 6.36. The van der Waals surface area contributed by atoms with Crippen LogP contribution in [0.3, 0.4) is 0 Å². The molecule has 2 rings (SSSR count). The van der Waals surface area contributed by atoms with Crippen molar-refractivity contribution in [3.05, 3.63) is 34.9 Å². The highest BCUT2D eigenvalue weighted by molar-refractivity contribution is 6.30. The maximum atomic E-state index is 12.4. The molecule has 25 heavy (non-hydrogen) atoms. The van der Waals surface area contributed by atoms with E-state index in [4.69, 9.17) is 16.3 Å². The Balaban J connectivity index is 1.92. The molecule has 5 nitrogen and oxygen atoms in total. The molecule has 0 heterocycles. The summed E-state index contributed by atoms with van der Waals surface area (Å²) in [5.41, 5.74) is 0.589. The lowest BCUT2D eigenvalue weighted by Gasteiger charge is -2.25. The number of amides is 2. The van der Waals surface area contributed by atoms with Gasteiger partial charge in [0.1, 0.15) is 11.6 Å². The molecule has 3 atom stereocenters. The fraction of sp³-hybridized carbons (Fsp3) is 0.579. The Morgan fingerprint density at radius 2 is 1.84 bits per heavy atom. The number of nitrogens with one attached hydrogen (secondary N) is 2. The van der Waals surface area contributed by atoms with Gasteiger partial charge in [-0.25, -0.2) is 4.79 Å². The zero-order valence-electron chi connectivity index (χ0n) is 15.3. The largest absolute Gasteiger partial charge is 0.444 e. The summed E-state index contributed by atoms with van der Waals surface area (Å²) in [6.07, 6.45) is 2.43. The Labute approximate surface area is 154 Å². The molecule has 0 aromatic heterocycles. The van der Waals surface area contributed by atoms with Crippen molar-refractivity contribution < 1.29 is 14.3 Å². The molecule has 0 saturated heterocycles. The van der Waals surface area contributed by atoms with E-state index in [1.54, 1.807) is 27.7 Å². The predicted octanol–water partition coefficient (Wildman–Crippen LogP) is 4.01. The molecule has 1 aliphatic rings. The number of carbonyl (C=O) groups is 2. The molecule has 0 radical (unpaired) electrons. The second-order valence-electron chi connectivity index (χ2n) is 7.57. The van der Waals surface area contributed by atoms with Gasteiger partial charge in [-0.2, -0.15) is 0 Å². The first-order chi connectivity index (χ1) is 11.7. The molecule has 1 fully saturated rings. The number of benzene rings is 1. The smallest absolute Gasteiger partial charge is 0.408 e. The van der Waals surface area contributed by atoms with E-state index in [9.17, 15) is 9.59 Å². The van der Waals surface area contributed by atoms with Crippen LogP contribution in [0.1, 0.15) is 58.4 Å². The molecule has 2 N–H and O–H groups in total. The fourth-order valence-corrected chi connectivity index (χ4v) is 3.23. The van der Waals surface area contributed by atoms with Crippen molar-refractivity contribution in [2.75, 3.05) is 0 Å². The summed E-state index contributed by atoms with van der Waals surface area (Å²) in [6.45, 7) is 7.01. The van der Waals surface area contributed by atoms with Crippen LogP contribution in [0.5, 0.6) is 0 Å². The van der Waals surface area contributed by atoms with E-state index < -0.39 is 17.7 Å². The van der Waals surface area contributed by atoms with E-state index in [0.717, 1.165) is 19.3 Å². The molecule has 2 amide bonds. The van der Waals surface area contributed by atoms with Crippen LogP contribution >= 0.6 is 11.6 Å². The van der Waals surface area contributed by atoms with Crippen molar-refractivity contribution >= 4 is 23.6 Å². The van der Waals surface area contributed by atoms with Crippen LogP contribution in [0.25, 0.3) is 0 Å². The molecular weight excluding hydrogens is 340 g/mol. The van der Waals surface area contributed by atoms with Crippen LogP contribution < -0.4 is 10.6 Å². The van der Waals surface area contributed by atoms with Crippen molar-refractivity contribution in [1.29, 1.82) is 0 Å². The van der Waals surface area contributed by atoms with Crippen LogP contribution in [0.4, 0.5) is 4.79 Å². The van der Waals surface area contributed by atoms with Crippen molar-refractivity contribution in [2.24, 2.45) is 0 Å². The summed E-state index contributed by atoms with van der Waals surface area (Å²) in [5.74, 6) is 0.0756. The molecule has 0 aliphatic heterocycles. The maximum absolute atomic E-state index is 12.4. The molecule has 1 aromatic carbocycles. The molecular formula is C19H27ClN2O3. The van der Waals surface area contributed by atoms with Crippen molar-refractivity contribution in [1.82, 2.24) is 10.6 Å². The van der Waals surface area contributed by atoms with Gasteiger partial charge < -0.3 is 15.4 Å². The highest BCUT2D eigenvalue weighted by atomic mass is 35.5. The third kappa shape index (κ3) is 5.92. The first-order valence-corrected chi connectivity index (χ1v) is 9.09. The highest BCUT2D eigenvalue weighted by Gasteiger charge is 2.31. The van der Waals surface area contributed by atoms with E-state index in [1.165, 1.54) is 5.56 Å². The van der Waals surface area contributed by atoms with Gasteiger partial charge >= 0.3 is 6.09 Å². The topological polar surface area (TPSA) is 67.4 Å². The minimum Gasteiger partial charge on any atom is -0.444 e. The van der Waals surface area contributed by atoms with Gasteiger partial charge in [0.05, 0.1) is 0 Å². The van der Waals surface area contributed by atoms with Crippen LogP contribution in [0, 0.1) is 0 Å². The van der Waals surface area contributed by atoms with Gasteiger partial charge in [-0.3, -0.25) is 4.79 Å². The van der Waals surface area contributed by atoms with E-state index in [-0.39, 0.29) is 17.9 Å². The Hall–Kier alpha value is -1.75. The minimum absolute atomic E-state index is 0.0663. The fourth-order valence-electron chi connectivity index (χ4n) is 3.10. The first-order valence-electron chi connectivity index (χ1n) is 8.71. The van der Waals surface area contributed by atoms with Gasteiger partial charge in [-0.1, -0.05) is 30.2 Å². The summed E-state index contributed by atoms with van der Waals surface area (Å²) in [7, 11) is 0. The highest BCUT2D eigenvalue weighted by Crippen LogP contribution is 2.35. The SMILES string of the molecule is C[C@H](NC(=O)OC(C)(C)C)C(=O)N[C@H]1CCC[C@@H]1c1ccc(Cl)cc1. The van der Waals surface area contributed by atoms with Crippen molar-refractivity contribution in [2.45, 2.75) is 70.6 Å². The number of rotatable bonds is 4. The van der Waals surface area contributed by atoms with E-state index in [1.807, 2.05) is 24.3 Å². The molecule has 0 unspecified atom stereocenters. The van der Waals surface area contributed by atoms with E-state index in [2.05, 4.69) is 10.6 Å². The first kappa shape index (κ1) is 19.6. The standard InChI is InChI=1S/C19H27ClN2O3/c1-12(21-18(24)25-19(2,3)4)17(23)22-16-7-5-6-15(16)13-8-10-14(20)11-9-13/h8-12,15-16H,5-7H2,1-4H3,(H,21,24)(H,22,23)/t12-,15+,16-/m0/s1. The summed E-state index contributed by atoms with van der Waals surface area (Å²) in [6, 6.07) is 7.19. The van der Waals surface area contributed by atoms with Crippen LogP contribution in [0.15, 0.2) is 24.3 Å². The number of carbonyl (C=O) groups excluding carboxylic acids is 2. The van der Waals surface area contributed by atoms with Gasteiger partial charge in [-0.15, -0.1) is 0 Å². The zero-order valence-corrected chi connectivity index (χ0v) is 16.0. The lowest BCUT2D eigenvalue weighted by molar-refractivity contribution is -0.123. The van der Waals surface area contributed by atoms with Gasteiger partial charge in [-0.05, 0) is 58.2 Å². The number of hydrogen-bond donors (Lipinski definition) is 2. The van der Waals surface area contributed by atoms with Gasteiger partial charge in [0, 0.05) is 17.0 Å². The third-order valence-corrected chi connectivity index (χ3v) is 4.52. The Kier molecular flexibility index (Phi) is 6.33. The van der Waals surface area contributed by atoms with E-state index in [0.29, 0.717) is 5.02 Å². The average molecular weight is 367 g/mol. The molecule has 1 aromatic rings. The van der Waals surface area contributed by atoms with Gasteiger partial charge in [0.15, 0.2) is 0 Å². The lowest BCUT2D eigenvalue weighted by Crippen LogP contribution is -2.49. The van der Waals surface area contributed by atoms with Gasteiger partial charge in [0.2, 0.25) is 5.91 Å². The number of halogens is 1. The Bertz CT molecular complexity index is 610. The molecule has 1 aliphatic carbocycles. The Morgan fingerprint density at radius 3 is 2.44 bits per heavy atom. The maximum Gasteiger partial charge on any atom is 0.408 e. The lowest BCUT2D eigenvalue weighted by atomic mass is 9.94. The quantitative estimate of drug-likeness (QED) is 0.846. The molecule has 6 heteroatoms. The minimum atomic E-state index is -0.652. The summed E-state index contributed by atoms with van der Waals surface area (Å²) >= 11 is 5.95. The molecule has 1 saturated carbocycles. The van der Waals surface area contributed by atoms with Crippen LogP contribution in [-0.2, 0) is 9.53 Å². The van der Waals surface area contributed by atoms with Gasteiger partial charge in [0.25, 0.3) is 0 Å². The van der Waals surface area contributed by atoms with Crippen LogP contribution in [0.2, 0.25) is 5.02 Å². The second-order valence-corrected chi connectivity index (χ2v) is 8.01. The van der Waals surface area contributed by atoms with E-state index >= 15 is 0 Å². The normalized spacial score (nSPS) is 21.5. The van der Waals surface area contributed by atoms with Crippen molar-refractivity contribution in [3.8, 4) is 0 Å². The monoisotopic (exact) mass is 366 g/mol. The second kappa shape index (κ2) is 8.09. The number of hydrogen-bond acceptors (Lipinski definition) is 3. The summed E-state index contributed by atoms with van der Waals surface area (Å²) < 4.78 is 5.19. The number of ether oxygens (including phenoxy) is 1. The summed E-state index contributed by atoms with van der Waals surface area (Å²) in [4.78, 5) is 24.2. The third-order valence-electron chi connectivity index (χ3n) is 4.27.